The summed E-state index contributed by atoms with van der Waals surface area (Å²) in [5.41, 5.74) is 0. The van der Waals surface area contributed by atoms with Gasteiger partial charge >= 0.3 is 0 Å². The van der Waals surface area contributed by atoms with Crippen molar-refractivity contribution in [1.82, 2.24) is 0 Å². The second kappa shape index (κ2) is 1.88. The quantitative estimate of drug-likeness (QED) is 0.540. The third kappa shape index (κ3) is 0.549. The normalized spacial score (nSPS) is 66.0. The molecular formula is C10H14O2. The number of rotatable bonds is 0. The molecule has 0 aromatic heterocycles. The van der Waals surface area contributed by atoms with E-state index in [1.165, 1.54) is 25.7 Å². The second-order valence-corrected chi connectivity index (χ2v) is 4.74. The van der Waals surface area contributed by atoms with Crippen molar-refractivity contribution >= 4 is 0 Å². The van der Waals surface area contributed by atoms with Gasteiger partial charge in [-0.15, -0.1) is 0 Å². The van der Waals surface area contributed by atoms with Gasteiger partial charge in [0.15, 0.2) is 0 Å². The molecule has 4 atom stereocenters. The van der Waals surface area contributed by atoms with E-state index < -0.39 is 0 Å². The maximum absolute atomic E-state index is 5.94. The summed E-state index contributed by atoms with van der Waals surface area (Å²) in [5, 5.41) is 0. The lowest BCUT2D eigenvalue weighted by molar-refractivity contribution is 0.00772. The number of hydrogen-bond donors (Lipinski definition) is 0. The van der Waals surface area contributed by atoms with Gasteiger partial charge in [0.05, 0.1) is 24.4 Å². The number of fused-ring (bicyclic) bond motifs is 9. The zero-order valence-electron chi connectivity index (χ0n) is 7.11. The van der Waals surface area contributed by atoms with Crippen LogP contribution in [0.25, 0.3) is 0 Å². The van der Waals surface area contributed by atoms with E-state index in [0.29, 0.717) is 24.4 Å². The van der Waals surface area contributed by atoms with E-state index >= 15 is 0 Å². The van der Waals surface area contributed by atoms with Crippen LogP contribution in [0, 0.1) is 11.8 Å². The maximum atomic E-state index is 5.94. The first-order chi connectivity index (χ1) is 5.93. The minimum absolute atomic E-state index is 0.579. The molecule has 0 radical (unpaired) electrons. The summed E-state index contributed by atoms with van der Waals surface area (Å²) in [7, 11) is 0. The zero-order valence-corrected chi connectivity index (χ0v) is 7.11. The van der Waals surface area contributed by atoms with Crippen LogP contribution in [0.2, 0.25) is 0 Å². The Labute approximate surface area is 72.2 Å². The van der Waals surface area contributed by atoms with Crippen molar-refractivity contribution in [1.29, 1.82) is 0 Å². The SMILES string of the molecule is C1CC2OC1C1C3CCC(O3)C21. The maximum Gasteiger partial charge on any atom is 0.0637 e. The number of hydrogen-bond acceptors (Lipinski definition) is 2. The molecule has 66 valence electrons. The molecule has 0 saturated carbocycles. The summed E-state index contributed by atoms with van der Waals surface area (Å²) in [6.07, 6.45) is 7.53. The molecule has 0 amide bonds. The van der Waals surface area contributed by atoms with Crippen molar-refractivity contribution in [3.05, 3.63) is 0 Å². The van der Waals surface area contributed by atoms with Gasteiger partial charge in [-0.3, -0.25) is 0 Å². The highest BCUT2D eigenvalue weighted by Crippen LogP contribution is 2.56. The van der Waals surface area contributed by atoms with Gasteiger partial charge in [0.1, 0.15) is 0 Å². The smallest absolute Gasteiger partial charge is 0.0637 e. The van der Waals surface area contributed by atoms with Crippen molar-refractivity contribution < 1.29 is 9.47 Å². The first-order valence-electron chi connectivity index (χ1n) is 5.24. The minimum atomic E-state index is 0.579. The fourth-order valence-corrected chi connectivity index (χ4v) is 3.98. The van der Waals surface area contributed by atoms with Crippen molar-refractivity contribution in [2.24, 2.45) is 11.8 Å². The van der Waals surface area contributed by atoms with Crippen LogP contribution in [0.3, 0.4) is 0 Å². The third-order valence-electron chi connectivity index (χ3n) is 4.33. The van der Waals surface area contributed by atoms with Gasteiger partial charge in [0.2, 0.25) is 0 Å². The van der Waals surface area contributed by atoms with Gasteiger partial charge in [-0.05, 0) is 25.7 Å². The highest BCUT2D eigenvalue weighted by molar-refractivity contribution is 5.09. The van der Waals surface area contributed by atoms with E-state index in [4.69, 9.17) is 9.47 Å². The minimum Gasteiger partial charge on any atom is -0.374 e. The summed E-state index contributed by atoms with van der Waals surface area (Å²) in [5.74, 6) is 1.59. The van der Waals surface area contributed by atoms with Crippen molar-refractivity contribution in [2.75, 3.05) is 0 Å². The molecule has 2 nitrogen and oxygen atoms in total. The molecule has 0 aliphatic carbocycles. The summed E-state index contributed by atoms with van der Waals surface area (Å²) >= 11 is 0. The Bertz CT molecular complexity index is 184. The summed E-state index contributed by atoms with van der Waals surface area (Å²) in [6.45, 7) is 0. The highest BCUT2D eigenvalue weighted by Gasteiger charge is 2.61. The lowest BCUT2D eigenvalue weighted by Crippen LogP contribution is -2.35. The molecule has 4 aliphatic rings. The molecule has 4 bridgehead atoms. The predicted octanol–water partition coefficient (Wildman–Crippen LogP) is 1.34. The molecule has 0 N–H and O–H groups in total. The molecule has 0 spiro atoms. The average Bonchev–Trinajstić information content (AvgIpc) is 2.83. The Hall–Kier alpha value is -0.0800. The molecule has 4 fully saturated rings. The van der Waals surface area contributed by atoms with Gasteiger partial charge in [-0.2, -0.15) is 0 Å². The molecule has 4 aliphatic heterocycles. The molecule has 4 rings (SSSR count). The van der Waals surface area contributed by atoms with Crippen LogP contribution in [-0.4, -0.2) is 24.4 Å². The van der Waals surface area contributed by atoms with Crippen LogP contribution < -0.4 is 0 Å². The van der Waals surface area contributed by atoms with Crippen molar-refractivity contribution in [3.8, 4) is 0 Å². The van der Waals surface area contributed by atoms with Crippen LogP contribution in [-0.2, 0) is 9.47 Å². The number of ether oxygens (including phenoxy) is 2. The van der Waals surface area contributed by atoms with Crippen LogP contribution in [0.1, 0.15) is 25.7 Å². The molecular weight excluding hydrogens is 152 g/mol. The Morgan fingerprint density at radius 2 is 0.917 bits per heavy atom. The standard InChI is InChI=1S/C10H14O2/c1-2-6-10-8-4-3-7(12-8)9(10)5(1)11-6/h5-10H,1-4H2. The van der Waals surface area contributed by atoms with Gasteiger partial charge in [-0.1, -0.05) is 0 Å². The molecule has 4 unspecified atom stereocenters. The molecule has 2 heteroatoms. The van der Waals surface area contributed by atoms with Gasteiger partial charge in [-0.25, -0.2) is 0 Å². The third-order valence-corrected chi connectivity index (χ3v) is 4.33. The molecule has 4 saturated heterocycles. The van der Waals surface area contributed by atoms with Gasteiger partial charge in [0, 0.05) is 11.8 Å². The zero-order chi connectivity index (χ0) is 7.71. The Balaban J connectivity index is 1.77. The monoisotopic (exact) mass is 166 g/mol. The Morgan fingerprint density at radius 1 is 0.583 bits per heavy atom. The van der Waals surface area contributed by atoms with E-state index in [1.54, 1.807) is 0 Å². The van der Waals surface area contributed by atoms with Crippen LogP contribution >= 0.6 is 0 Å². The predicted molar refractivity (Wildman–Crippen MR) is 42.8 cm³/mol. The summed E-state index contributed by atoms with van der Waals surface area (Å²) in [4.78, 5) is 0. The molecule has 12 heavy (non-hydrogen) atoms. The molecule has 4 heterocycles. The van der Waals surface area contributed by atoms with Gasteiger partial charge in [0.25, 0.3) is 0 Å². The molecule has 0 aromatic rings. The Morgan fingerprint density at radius 3 is 1.25 bits per heavy atom. The van der Waals surface area contributed by atoms with E-state index in [9.17, 15) is 0 Å². The van der Waals surface area contributed by atoms with Gasteiger partial charge < -0.3 is 9.47 Å². The fourth-order valence-electron chi connectivity index (χ4n) is 3.98. The van der Waals surface area contributed by atoms with Crippen LogP contribution in [0.4, 0.5) is 0 Å². The lowest BCUT2D eigenvalue weighted by Gasteiger charge is -2.28. The second-order valence-electron chi connectivity index (χ2n) is 4.74. The average molecular weight is 166 g/mol. The van der Waals surface area contributed by atoms with Crippen LogP contribution in [0.5, 0.6) is 0 Å². The Kier molecular flexibility index (Phi) is 0.999. The van der Waals surface area contributed by atoms with E-state index in [-0.39, 0.29) is 0 Å². The first-order valence-corrected chi connectivity index (χ1v) is 5.24. The highest BCUT2D eigenvalue weighted by atomic mass is 16.5. The van der Waals surface area contributed by atoms with E-state index in [0.717, 1.165) is 11.8 Å². The topological polar surface area (TPSA) is 18.5 Å². The fraction of sp³-hybridized carbons (Fsp3) is 1.00. The van der Waals surface area contributed by atoms with E-state index in [2.05, 4.69) is 0 Å². The van der Waals surface area contributed by atoms with Crippen molar-refractivity contribution in [2.45, 2.75) is 50.1 Å². The van der Waals surface area contributed by atoms with Crippen LogP contribution in [0.15, 0.2) is 0 Å². The molecule has 0 aromatic carbocycles. The largest absolute Gasteiger partial charge is 0.374 e. The van der Waals surface area contributed by atoms with E-state index in [1.807, 2.05) is 0 Å². The lowest BCUT2D eigenvalue weighted by atomic mass is 9.71. The summed E-state index contributed by atoms with van der Waals surface area (Å²) < 4.78 is 11.9. The van der Waals surface area contributed by atoms with Crippen molar-refractivity contribution in [3.63, 3.8) is 0 Å². The first kappa shape index (κ1) is 6.39. The summed E-state index contributed by atoms with van der Waals surface area (Å²) in [6, 6.07) is 0.